The Labute approximate surface area is 269 Å². The second-order valence-corrected chi connectivity index (χ2v) is 18.9. The first kappa shape index (κ1) is 36.2. The lowest BCUT2D eigenvalue weighted by atomic mass is 10.0. The number of unbranched alkanes of at least 4 members (excludes halogenated alkanes) is 2. The Kier molecular flexibility index (Phi) is 13.6. The monoisotopic (exact) mass is 639 g/mol. The van der Waals surface area contributed by atoms with Crippen LogP contribution in [0.25, 0.3) is 22.2 Å². The number of Topliss-reactive ketones (excluding diaryl/α,β-unsaturated/α-hetero) is 1. The van der Waals surface area contributed by atoms with Crippen molar-refractivity contribution in [3.05, 3.63) is 42.0 Å². The van der Waals surface area contributed by atoms with Gasteiger partial charge in [-0.15, -0.1) is 0 Å². The van der Waals surface area contributed by atoms with Crippen LogP contribution in [-0.4, -0.2) is 90.3 Å². The van der Waals surface area contributed by atoms with E-state index in [2.05, 4.69) is 30.7 Å². The molecule has 1 unspecified atom stereocenters. The fraction of sp³-hybridized carbons (Fsp3) is 0.588. The minimum atomic E-state index is -1.32. The number of methoxy groups -OCH3 is 1. The van der Waals surface area contributed by atoms with Crippen molar-refractivity contribution in [2.75, 3.05) is 40.9 Å². The summed E-state index contributed by atoms with van der Waals surface area (Å²) in [6, 6.07) is 8.55. The average Bonchev–Trinajstić information content (AvgIpc) is 3.39. The van der Waals surface area contributed by atoms with Crippen molar-refractivity contribution in [3.8, 4) is 17.0 Å². The molecule has 2 heterocycles. The maximum absolute atomic E-state index is 12.7. The van der Waals surface area contributed by atoms with Gasteiger partial charge in [0.2, 0.25) is 0 Å². The number of carboxylic acid groups (broad SMARTS) is 1. The molecule has 3 rings (SSSR count). The molecule has 1 N–H and O–H groups in total. The van der Waals surface area contributed by atoms with Crippen molar-refractivity contribution in [1.29, 1.82) is 0 Å². The number of carbonyl (C=O) groups excluding carboxylic acids is 1. The van der Waals surface area contributed by atoms with Gasteiger partial charge < -0.3 is 24.0 Å². The summed E-state index contributed by atoms with van der Waals surface area (Å²) in [5.74, 6) is 1.57. The molecular weight excluding hydrogens is 586 g/mol. The number of amides is 1. The highest BCUT2D eigenvalue weighted by atomic mass is 28.3. The van der Waals surface area contributed by atoms with E-state index in [1.165, 1.54) is 4.90 Å². The van der Waals surface area contributed by atoms with Crippen LogP contribution in [-0.2, 0) is 16.3 Å². The van der Waals surface area contributed by atoms with Crippen LogP contribution in [0.3, 0.4) is 0 Å². The van der Waals surface area contributed by atoms with Crippen molar-refractivity contribution in [2.45, 2.75) is 90.8 Å². The molecule has 45 heavy (non-hydrogen) atoms. The first-order chi connectivity index (χ1) is 21.3. The van der Waals surface area contributed by atoms with Gasteiger partial charge in [0.05, 0.1) is 30.6 Å². The molecule has 1 aromatic carbocycles. The SMILES string of the molecule is CCC(=O)CCCCCC(c1ncc(-c2cc3ccc(C)nc3cc2OC)n1COCC[Si](C)(C)C)N(CCN(C)C)C(=O)O. The number of aryl methyl sites for hydroxylation is 1. The second-order valence-electron chi connectivity index (χ2n) is 13.3. The zero-order chi connectivity index (χ0) is 33.1. The fourth-order valence-electron chi connectivity index (χ4n) is 5.29. The number of hydrogen-bond donors (Lipinski definition) is 1. The van der Waals surface area contributed by atoms with Crippen LogP contribution < -0.4 is 4.74 Å². The van der Waals surface area contributed by atoms with Crippen LogP contribution in [0, 0.1) is 6.92 Å². The predicted octanol–water partition coefficient (Wildman–Crippen LogP) is 7.24. The Bertz CT molecular complexity index is 1420. The van der Waals surface area contributed by atoms with Gasteiger partial charge in [-0.1, -0.05) is 45.5 Å². The van der Waals surface area contributed by atoms with Crippen molar-refractivity contribution < 1.29 is 24.2 Å². The third-order valence-electron chi connectivity index (χ3n) is 8.06. The lowest BCUT2D eigenvalue weighted by Crippen LogP contribution is -2.39. The van der Waals surface area contributed by atoms with Gasteiger partial charge in [-0.05, 0) is 52.0 Å². The highest BCUT2D eigenvalue weighted by molar-refractivity contribution is 6.76. The number of ether oxygens (including phenoxy) is 2. The van der Waals surface area contributed by atoms with Gasteiger partial charge in [-0.3, -0.25) is 14.7 Å². The highest BCUT2D eigenvalue weighted by Gasteiger charge is 2.30. The number of likely N-dealkylation sites (N-methyl/N-ethyl adjacent to an activating group) is 1. The molecule has 0 fully saturated rings. The summed E-state index contributed by atoms with van der Waals surface area (Å²) in [5.41, 5.74) is 3.41. The first-order valence-corrected chi connectivity index (χ1v) is 19.8. The third kappa shape index (κ3) is 10.6. The molecule has 248 valence electrons. The first-order valence-electron chi connectivity index (χ1n) is 16.1. The Morgan fingerprint density at radius 1 is 1.09 bits per heavy atom. The van der Waals surface area contributed by atoms with E-state index in [4.69, 9.17) is 14.5 Å². The molecule has 0 aliphatic heterocycles. The highest BCUT2D eigenvalue weighted by Crippen LogP contribution is 2.37. The van der Waals surface area contributed by atoms with E-state index >= 15 is 0 Å². The van der Waals surface area contributed by atoms with Crippen molar-refractivity contribution in [1.82, 2.24) is 24.3 Å². The largest absolute Gasteiger partial charge is 0.496 e. The van der Waals surface area contributed by atoms with Gasteiger partial charge in [0.15, 0.2) is 0 Å². The Morgan fingerprint density at radius 2 is 1.84 bits per heavy atom. The minimum Gasteiger partial charge on any atom is -0.496 e. The van der Waals surface area contributed by atoms with Gasteiger partial charge in [0.25, 0.3) is 0 Å². The van der Waals surface area contributed by atoms with Crippen molar-refractivity contribution in [2.24, 2.45) is 0 Å². The normalized spacial score (nSPS) is 12.6. The number of nitrogens with zero attached hydrogens (tertiary/aromatic N) is 5. The van der Waals surface area contributed by atoms with E-state index in [0.717, 1.165) is 53.2 Å². The molecule has 2 aromatic heterocycles. The van der Waals surface area contributed by atoms with E-state index in [1.807, 2.05) is 55.6 Å². The summed E-state index contributed by atoms with van der Waals surface area (Å²) < 4.78 is 14.2. The summed E-state index contributed by atoms with van der Waals surface area (Å²) in [6.07, 6.45) is 4.93. The molecule has 0 bridgehead atoms. The molecule has 10 nitrogen and oxygen atoms in total. The van der Waals surface area contributed by atoms with Gasteiger partial charge in [0.1, 0.15) is 24.1 Å². The molecule has 11 heteroatoms. The topological polar surface area (TPSA) is 110 Å². The van der Waals surface area contributed by atoms with E-state index in [1.54, 1.807) is 13.3 Å². The number of rotatable bonds is 19. The smallest absolute Gasteiger partial charge is 0.407 e. The molecule has 0 radical (unpaired) electrons. The summed E-state index contributed by atoms with van der Waals surface area (Å²) in [5, 5.41) is 11.4. The molecule has 0 saturated heterocycles. The van der Waals surface area contributed by atoms with Gasteiger partial charge >= 0.3 is 6.09 Å². The number of aromatic nitrogens is 3. The van der Waals surface area contributed by atoms with E-state index < -0.39 is 20.2 Å². The molecule has 1 atom stereocenters. The molecule has 0 aliphatic rings. The van der Waals surface area contributed by atoms with Crippen LogP contribution >= 0.6 is 0 Å². The number of imidazole rings is 1. The number of carbonyl (C=O) groups is 2. The molecule has 0 spiro atoms. The Balaban J connectivity index is 2.09. The van der Waals surface area contributed by atoms with Crippen LogP contribution in [0.4, 0.5) is 4.79 Å². The standard InChI is InChI=1S/C34H53N5O5Si/c1-9-27(40)13-11-10-12-14-30(38(34(41)42)18-17-37(3)4)33-35-23-31(39(33)24-44-19-20-45(6,7)8)28-21-26-16-15-25(2)36-29(26)22-32(28)43-5/h15-16,21-23,30H,9-14,17-20,24H2,1-8H3,(H,41,42). The van der Waals surface area contributed by atoms with Crippen molar-refractivity contribution in [3.63, 3.8) is 0 Å². The van der Waals surface area contributed by atoms with E-state index in [9.17, 15) is 14.7 Å². The third-order valence-corrected chi connectivity index (χ3v) is 9.77. The Hall–Kier alpha value is -3.28. The number of fused-ring (bicyclic) bond motifs is 1. The van der Waals surface area contributed by atoms with Crippen LogP contribution in [0.2, 0.25) is 25.7 Å². The summed E-state index contributed by atoms with van der Waals surface area (Å²) in [7, 11) is 4.20. The van der Waals surface area contributed by atoms with Gasteiger partial charge in [-0.2, -0.15) is 0 Å². The van der Waals surface area contributed by atoms with Crippen LogP contribution in [0.15, 0.2) is 30.5 Å². The minimum absolute atomic E-state index is 0.241. The van der Waals surface area contributed by atoms with Crippen LogP contribution in [0.1, 0.15) is 63.0 Å². The predicted molar refractivity (Wildman–Crippen MR) is 183 cm³/mol. The summed E-state index contributed by atoms with van der Waals surface area (Å²) in [4.78, 5) is 37.7. The molecule has 0 aliphatic carbocycles. The lowest BCUT2D eigenvalue weighted by molar-refractivity contribution is -0.118. The number of benzene rings is 1. The van der Waals surface area contributed by atoms with E-state index in [-0.39, 0.29) is 12.5 Å². The molecular formula is C34H53N5O5Si. The zero-order valence-corrected chi connectivity index (χ0v) is 29.6. The fourth-order valence-corrected chi connectivity index (χ4v) is 6.05. The number of ketones is 1. The second kappa shape index (κ2) is 16.9. The number of hydrogen-bond acceptors (Lipinski definition) is 7. The molecule has 0 saturated carbocycles. The maximum Gasteiger partial charge on any atom is 0.407 e. The zero-order valence-electron chi connectivity index (χ0n) is 28.6. The molecule has 3 aromatic rings. The maximum atomic E-state index is 12.7. The summed E-state index contributed by atoms with van der Waals surface area (Å²) >= 11 is 0. The Morgan fingerprint density at radius 3 is 2.49 bits per heavy atom. The average molecular weight is 640 g/mol. The quantitative estimate of drug-likeness (QED) is 0.108. The molecule has 1 amide bonds. The van der Waals surface area contributed by atoms with Crippen LogP contribution in [0.5, 0.6) is 5.75 Å². The summed E-state index contributed by atoms with van der Waals surface area (Å²) in [6.45, 7) is 12.6. The number of pyridine rings is 1. The lowest BCUT2D eigenvalue weighted by Gasteiger charge is -2.31. The van der Waals surface area contributed by atoms with E-state index in [0.29, 0.717) is 50.5 Å². The van der Waals surface area contributed by atoms with Crippen molar-refractivity contribution >= 4 is 30.9 Å². The van der Waals surface area contributed by atoms with Gasteiger partial charge in [0, 0.05) is 63.3 Å². The van der Waals surface area contributed by atoms with Gasteiger partial charge in [-0.25, -0.2) is 9.78 Å².